The number of nitrogens with zero attached hydrogens (tertiary/aromatic N) is 1. The van der Waals surface area contributed by atoms with Gasteiger partial charge in [0.2, 0.25) is 0 Å². The highest BCUT2D eigenvalue weighted by molar-refractivity contribution is 5.13. The van der Waals surface area contributed by atoms with Crippen LogP contribution in [-0.4, -0.2) is 30.6 Å². The Bertz CT molecular complexity index is 294. The van der Waals surface area contributed by atoms with Gasteiger partial charge < -0.3 is 9.73 Å². The number of furan rings is 1. The van der Waals surface area contributed by atoms with E-state index in [2.05, 4.69) is 37.9 Å². The molecule has 0 saturated carbocycles. The smallest absolute Gasteiger partial charge is 0.120 e. The van der Waals surface area contributed by atoms with E-state index in [1.54, 1.807) is 6.26 Å². The van der Waals surface area contributed by atoms with Crippen LogP contribution in [-0.2, 0) is 6.54 Å². The summed E-state index contributed by atoms with van der Waals surface area (Å²) in [4.78, 5) is 2.45. The molecule has 0 amide bonds. The molecular formula is C13H24N2O. The van der Waals surface area contributed by atoms with Crippen molar-refractivity contribution in [3.63, 3.8) is 0 Å². The predicted molar refractivity (Wildman–Crippen MR) is 67.5 cm³/mol. The number of rotatable bonds is 7. The van der Waals surface area contributed by atoms with E-state index >= 15 is 0 Å². The van der Waals surface area contributed by atoms with Crippen molar-refractivity contribution in [3.05, 3.63) is 23.7 Å². The summed E-state index contributed by atoms with van der Waals surface area (Å²) < 4.78 is 5.37. The van der Waals surface area contributed by atoms with Crippen LogP contribution in [0.1, 0.15) is 32.1 Å². The lowest BCUT2D eigenvalue weighted by molar-refractivity contribution is 0.233. The summed E-state index contributed by atoms with van der Waals surface area (Å²) in [7, 11) is 0. The highest BCUT2D eigenvalue weighted by atomic mass is 16.3. The molecule has 0 radical (unpaired) electrons. The summed E-state index contributed by atoms with van der Waals surface area (Å²) in [6.45, 7) is 12.8. The lowest BCUT2D eigenvalue weighted by Gasteiger charge is -2.24. The summed E-state index contributed by atoms with van der Waals surface area (Å²) in [6.07, 6.45) is 1.75. The number of likely N-dealkylation sites (N-methyl/N-ethyl adjacent to an activating group) is 1. The fraction of sp³-hybridized carbons (Fsp3) is 0.692. The normalized spacial score (nSPS) is 11.6. The first kappa shape index (κ1) is 13.3. The Balaban J connectivity index is 2.19. The van der Waals surface area contributed by atoms with Gasteiger partial charge in [-0.25, -0.2) is 0 Å². The van der Waals surface area contributed by atoms with Crippen molar-refractivity contribution >= 4 is 0 Å². The van der Waals surface area contributed by atoms with Crippen molar-refractivity contribution in [2.75, 3.05) is 19.6 Å². The minimum Gasteiger partial charge on any atom is -0.468 e. The Kier molecular flexibility index (Phi) is 5.56. The zero-order chi connectivity index (χ0) is 12.0. The van der Waals surface area contributed by atoms with Crippen LogP contribution in [0, 0.1) is 6.92 Å². The molecular weight excluding hydrogens is 200 g/mol. The van der Waals surface area contributed by atoms with Crippen molar-refractivity contribution < 1.29 is 4.42 Å². The second-order valence-electron chi connectivity index (χ2n) is 4.43. The SMILES string of the molecule is CCN(CCNCc1occc1C)C(C)C. The number of aryl methyl sites for hydroxylation is 1. The van der Waals surface area contributed by atoms with Crippen molar-refractivity contribution in [2.45, 2.75) is 40.3 Å². The topological polar surface area (TPSA) is 28.4 Å². The molecule has 3 heteroatoms. The van der Waals surface area contributed by atoms with Gasteiger partial charge in [-0.05, 0) is 38.9 Å². The van der Waals surface area contributed by atoms with Gasteiger partial charge in [0.05, 0.1) is 12.8 Å². The van der Waals surface area contributed by atoms with Crippen LogP contribution in [0.3, 0.4) is 0 Å². The quantitative estimate of drug-likeness (QED) is 0.721. The Morgan fingerprint density at radius 3 is 2.69 bits per heavy atom. The van der Waals surface area contributed by atoms with Crippen molar-refractivity contribution in [2.24, 2.45) is 0 Å². The number of hydrogen-bond acceptors (Lipinski definition) is 3. The molecule has 1 rings (SSSR count). The first-order valence-corrected chi connectivity index (χ1v) is 6.12. The van der Waals surface area contributed by atoms with Gasteiger partial charge in [-0.15, -0.1) is 0 Å². The molecule has 0 aliphatic heterocycles. The van der Waals surface area contributed by atoms with E-state index in [9.17, 15) is 0 Å². The van der Waals surface area contributed by atoms with Gasteiger partial charge in [0.1, 0.15) is 5.76 Å². The van der Waals surface area contributed by atoms with Crippen LogP contribution in [0.15, 0.2) is 16.7 Å². The summed E-state index contributed by atoms with van der Waals surface area (Å²) in [5.74, 6) is 1.05. The molecule has 0 bridgehead atoms. The second-order valence-corrected chi connectivity index (χ2v) is 4.43. The van der Waals surface area contributed by atoms with E-state index < -0.39 is 0 Å². The number of nitrogens with one attached hydrogen (secondary N) is 1. The van der Waals surface area contributed by atoms with Crippen LogP contribution < -0.4 is 5.32 Å². The molecule has 0 aliphatic rings. The summed E-state index contributed by atoms with van der Waals surface area (Å²) in [5, 5.41) is 3.41. The molecule has 1 aromatic rings. The van der Waals surface area contributed by atoms with E-state index in [0.717, 1.165) is 31.9 Å². The van der Waals surface area contributed by atoms with E-state index in [1.165, 1.54) is 5.56 Å². The number of hydrogen-bond donors (Lipinski definition) is 1. The second kappa shape index (κ2) is 6.71. The fourth-order valence-electron chi connectivity index (χ4n) is 1.79. The maximum Gasteiger partial charge on any atom is 0.120 e. The maximum atomic E-state index is 5.37. The van der Waals surface area contributed by atoms with Crippen LogP contribution in [0.2, 0.25) is 0 Å². The van der Waals surface area contributed by atoms with Crippen molar-refractivity contribution in [1.82, 2.24) is 10.2 Å². The van der Waals surface area contributed by atoms with Crippen LogP contribution in [0.5, 0.6) is 0 Å². The molecule has 0 aromatic carbocycles. The van der Waals surface area contributed by atoms with Gasteiger partial charge in [0.25, 0.3) is 0 Å². The lowest BCUT2D eigenvalue weighted by Crippen LogP contribution is -2.36. The Morgan fingerprint density at radius 2 is 2.19 bits per heavy atom. The summed E-state index contributed by atoms with van der Waals surface area (Å²) in [6, 6.07) is 2.63. The molecule has 16 heavy (non-hydrogen) atoms. The van der Waals surface area contributed by atoms with Gasteiger partial charge in [0.15, 0.2) is 0 Å². The first-order valence-electron chi connectivity index (χ1n) is 6.12. The molecule has 1 N–H and O–H groups in total. The predicted octanol–water partition coefficient (Wildman–Crippen LogP) is 2.41. The third kappa shape index (κ3) is 3.99. The van der Waals surface area contributed by atoms with Crippen molar-refractivity contribution in [3.8, 4) is 0 Å². The molecule has 0 unspecified atom stereocenters. The third-order valence-corrected chi connectivity index (χ3v) is 2.97. The lowest BCUT2D eigenvalue weighted by atomic mass is 10.3. The van der Waals surface area contributed by atoms with Crippen LogP contribution in [0.25, 0.3) is 0 Å². The average Bonchev–Trinajstić information content (AvgIpc) is 2.64. The van der Waals surface area contributed by atoms with Crippen molar-refractivity contribution in [1.29, 1.82) is 0 Å². The Hall–Kier alpha value is -0.800. The van der Waals surface area contributed by atoms with Gasteiger partial charge in [-0.3, -0.25) is 4.90 Å². The van der Waals surface area contributed by atoms with Crippen LogP contribution in [0.4, 0.5) is 0 Å². The maximum absolute atomic E-state index is 5.37. The molecule has 0 aliphatic carbocycles. The Labute approximate surface area is 98.8 Å². The molecule has 0 spiro atoms. The average molecular weight is 224 g/mol. The molecule has 0 saturated heterocycles. The molecule has 1 heterocycles. The molecule has 92 valence electrons. The Morgan fingerprint density at radius 1 is 1.44 bits per heavy atom. The standard InChI is InChI=1S/C13H24N2O/c1-5-15(11(2)3)8-7-14-10-13-12(4)6-9-16-13/h6,9,11,14H,5,7-8,10H2,1-4H3. The minimum atomic E-state index is 0.622. The molecule has 1 aromatic heterocycles. The molecule has 3 nitrogen and oxygen atoms in total. The van der Waals surface area contributed by atoms with Gasteiger partial charge >= 0.3 is 0 Å². The van der Waals surface area contributed by atoms with Gasteiger partial charge in [-0.2, -0.15) is 0 Å². The monoisotopic (exact) mass is 224 g/mol. The van der Waals surface area contributed by atoms with E-state index in [-0.39, 0.29) is 0 Å². The van der Waals surface area contributed by atoms with Gasteiger partial charge in [-0.1, -0.05) is 6.92 Å². The van der Waals surface area contributed by atoms with Crippen LogP contribution >= 0.6 is 0 Å². The minimum absolute atomic E-state index is 0.622. The van der Waals surface area contributed by atoms with Gasteiger partial charge in [0, 0.05) is 19.1 Å². The van der Waals surface area contributed by atoms with E-state index in [0.29, 0.717) is 6.04 Å². The van der Waals surface area contributed by atoms with E-state index in [1.807, 2.05) is 6.07 Å². The summed E-state index contributed by atoms with van der Waals surface area (Å²) >= 11 is 0. The molecule has 0 fully saturated rings. The molecule has 0 atom stereocenters. The fourth-order valence-corrected chi connectivity index (χ4v) is 1.79. The summed E-state index contributed by atoms with van der Waals surface area (Å²) in [5.41, 5.74) is 1.23. The third-order valence-electron chi connectivity index (χ3n) is 2.97. The van der Waals surface area contributed by atoms with E-state index in [4.69, 9.17) is 4.42 Å². The highest BCUT2D eigenvalue weighted by Crippen LogP contribution is 2.07. The zero-order valence-electron chi connectivity index (χ0n) is 10.9. The highest BCUT2D eigenvalue weighted by Gasteiger charge is 2.06. The first-order chi connectivity index (χ1) is 7.65. The largest absolute Gasteiger partial charge is 0.468 e. The zero-order valence-corrected chi connectivity index (χ0v) is 10.9.